The molecule has 0 amide bonds. The van der Waals surface area contributed by atoms with Crippen LogP contribution in [0.3, 0.4) is 0 Å². The number of rotatable bonds is 5. The van der Waals surface area contributed by atoms with Crippen LogP contribution in [0.4, 0.5) is 0 Å². The third-order valence-corrected chi connectivity index (χ3v) is 6.08. The van der Waals surface area contributed by atoms with Crippen LogP contribution in [0.15, 0.2) is 23.2 Å². The Bertz CT molecular complexity index is 677. The van der Waals surface area contributed by atoms with Crippen molar-refractivity contribution in [2.45, 2.75) is 19.9 Å². The first-order chi connectivity index (χ1) is 10.9. The first-order valence-electron chi connectivity index (χ1n) is 7.56. The molecule has 23 heavy (non-hydrogen) atoms. The van der Waals surface area contributed by atoms with Gasteiger partial charge in [-0.15, -0.1) is 0 Å². The van der Waals surface area contributed by atoms with Gasteiger partial charge in [-0.2, -0.15) is 0 Å². The highest BCUT2D eigenvalue weighted by Crippen LogP contribution is 2.21. The standard InChI is InChI=1S/C15H21Cl2N3O2S/c1-2-18-15(19-8-11-5-6-23(21,22)10-11)20-9-12-3-4-13(16)7-14(12)17/h3-4,7,11H,2,5-6,8-10H2,1H3,(H2,18,19,20). The van der Waals surface area contributed by atoms with E-state index < -0.39 is 9.84 Å². The van der Waals surface area contributed by atoms with E-state index in [1.54, 1.807) is 12.1 Å². The molecule has 1 unspecified atom stereocenters. The van der Waals surface area contributed by atoms with Crippen LogP contribution < -0.4 is 10.6 Å². The average molecular weight is 378 g/mol. The van der Waals surface area contributed by atoms with Crippen LogP contribution in [0.25, 0.3) is 0 Å². The highest BCUT2D eigenvalue weighted by molar-refractivity contribution is 7.91. The molecule has 2 rings (SSSR count). The summed E-state index contributed by atoms with van der Waals surface area (Å²) in [6.07, 6.45) is 0.706. The van der Waals surface area contributed by atoms with E-state index in [1.165, 1.54) is 0 Å². The van der Waals surface area contributed by atoms with Crippen molar-refractivity contribution in [3.63, 3.8) is 0 Å². The lowest BCUT2D eigenvalue weighted by molar-refractivity contribution is 0.567. The molecule has 1 aromatic rings. The third-order valence-electron chi connectivity index (χ3n) is 3.65. The van der Waals surface area contributed by atoms with Crippen molar-refractivity contribution in [1.29, 1.82) is 0 Å². The van der Waals surface area contributed by atoms with Crippen LogP contribution >= 0.6 is 23.2 Å². The second kappa shape index (κ2) is 8.22. The Balaban J connectivity index is 1.94. The van der Waals surface area contributed by atoms with Gasteiger partial charge in [0.2, 0.25) is 0 Å². The van der Waals surface area contributed by atoms with Gasteiger partial charge >= 0.3 is 0 Å². The van der Waals surface area contributed by atoms with Crippen molar-refractivity contribution < 1.29 is 8.42 Å². The minimum absolute atomic E-state index is 0.142. The number of benzene rings is 1. The molecule has 8 heteroatoms. The molecule has 0 radical (unpaired) electrons. The molecule has 1 heterocycles. The van der Waals surface area contributed by atoms with Gasteiger partial charge in [0.15, 0.2) is 15.8 Å². The number of nitrogens with zero attached hydrogens (tertiary/aromatic N) is 1. The van der Waals surface area contributed by atoms with Crippen LogP contribution in [0.1, 0.15) is 18.9 Å². The van der Waals surface area contributed by atoms with Crippen molar-refractivity contribution in [1.82, 2.24) is 10.6 Å². The van der Waals surface area contributed by atoms with Crippen LogP contribution in [-0.2, 0) is 16.4 Å². The SMILES string of the molecule is CCNC(=NCc1ccc(Cl)cc1Cl)NCC1CCS(=O)(=O)C1. The maximum atomic E-state index is 11.5. The first kappa shape index (κ1) is 18.4. The van der Waals surface area contributed by atoms with E-state index in [1.807, 2.05) is 13.0 Å². The van der Waals surface area contributed by atoms with Crippen LogP contribution in [0, 0.1) is 5.92 Å². The maximum Gasteiger partial charge on any atom is 0.191 e. The smallest absolute Gasteiger partial charge is 0.191 e. The van der Waals surface area contributed by atoms with Crippen LogP contribution in [-0.4, -0.2) is 39.0 Å². The Morgan fingerprint density at radius 1 is 1.35 bits per heavy atom. The zero-order chi connectivity index (χ0) is 16.9. The highest BCUT2D eigenvalue weighted by atomic mass is 35.5. The zero-order valence-electron chi connectivity index (χ0n) is 13.0. The minimum Gasteiger partial charge on any atom is -0.357 e. The summed E-state index contributed by atoms with van der Waals surface area (Å²) in [5, 5.41) is 7.53. The molecule has 1 atom stereocenters. The first-order valence-corrected chi connectivity index (χ1v) is 10.1. The van der Waals surface area contributed by atoms with Gasteiger partial charge in [-0.05, 0) is 37.0 Å². The van der Waals surface area contributed by atoms with Gasteiger partial charge in [0, 0.05) is 23.1 Å². The Hall–Kier alpha value is -0.980. The lowest BCUT2D eigenvalue weighted by Gasteiger charge is -2.14. The monoisotopic (exact) mass is 377 g/mol. The van der Waals surface area contributed by atoms with Crippen molar-refractivity contribution in [2.24, 2.45) is 10.9 Å². The van der Waals surface area contributed by atoms with Gasteiger partial charge in [0.05, 0.1) is 18.1 Å². The van der Waals surface area contributed by atoms with Gasteiger partial charge in [-0.25, -0.2) is 13.4 Å². The van der Waals surface area contributed by atoms with E-state index in [0.29, 0.717) is 35.5 Å². The minimum atomic E-state index is -2.85. The Labute approximate surface area is 147 Å². The Kier molecular flexibility index (Phi) is 6.56. The summed E-state index contributed by atoms with van der Waals surface area (Å²) in [6, 6.07) is 5.32. The van der Waals surface area contributed by atoms with E-state index >= 15 is 0 Å². The average Bonchev–Trinajstić information content (AvgIpc) is 2.83. The molecule has 0 spiro atoms. The number of halogens is 2. The number of nitrogens with one attached hydrogen (secondary N) is 2. The quantitative estimate of drug-likeness (QED) is 0.610. The normalized spacial score (nSPS) is 20.5. The summed E-state index contributed by atoms with van der Waals surface area (Å²) in [5.41, 5.74) is 0.886. The summed E-state index contributed by atoms with van der Waals surface area (Å²) in [4.78, 5) is 4.49. The molecule has 1 aliphatic heterocycles. The highest BCUT2D eigenvalue weighted by Gasteiger charge is 2.27. The molecule has 0 aromatic heterocycles. The number of sulfone groups is 1. The fraction of sp³-hybridized carbons (Fsp3) is 0.533. The van der Waals surface area contributed by atoms with Gasteiger partial charge in [-0.1, -0.05) is 29.3 Å². The predicted octanol–water partition coefficient (Wildman–Crippen LogP) is 2.48. The van der Waals surface area contributed by atoms with Gasteiger partial charge in [-0.3, -0.25) is 0 Å². The molecule has 5 nitrogen and oxygen atoms in total. The van der Waals surface area contributed by atoms with Gasteiger partial charge < -0.3 is 10.6 Å². The maximum absolute atomic E-state index is 11.5. The molecular weight excluding hydrogens is 357 g/mol. The summed E-state index contributed by atoms with van der Waals surface area (Å²) in [5.74, 6) is 1.33. The molecule has 1 aromatic carbocycles. The molecular formula is C15H21Cl2N3O2S. The lowest BCUT2D eigenvalue weighted by Crippen LogP contribution is -2.40. The van der Waals surface area contributed by atoms with E-state index in [4.69, 9.17) is 23.2 Å². The van der Waals surface area contributed by atoms with E-state index in [2.05, 4.69) is 15.6 Å². The summed E-state index contributed by atoms with van der Waals surface area (Å²) < 4.78 is 23.0. The molecule has 1 aliphatic rings. The molecule has 128 valence electrons. The largest absolute Gasteiger partial charge is 0.357 e. The van der Waals surface area contributed by atoms with Gasteiger partial charge in [0.25, 0.3) is 0 Å². The lowest BCUT2D eigenvalue weighted by atomic mass is 10.1. The van der Waals surface area contributed by atoms with Crippen LogP contribution in [0.2, 0.25) is 10.0 Å². The Morgan fingerprint density at radius 2 is 2.13 bits per heavy atom. The van der Waals surface area contributed by atoms with Crippen molar-refractivity contribution >= 4 is 39.0 Å². The summed E-state index contributed by atoms with van der Waals surface area (Å²) >= 11 is 12.0. The number of hydrogen-bond donors (Lipinski definition) is 2. The molecule has 1 saturated heterocycles. The van der Waals surface area contributed by atoms with E-state index in [0.717, 1.165) is 12.1 Å². The van der Waals surface area contributed by atoms with Crippen molar-refractivity contribution in [3.05, 3.63) is 33.8 Å². The Morgan fingerprint density at radius 3 is 2.74 bits per heavy atom. The summed E-state index contributed by atoms with van der Waals surface area (Å²) in [7, 11) is -2.85. The van der Waals surface area contributed by atoms with E-state index in [-0.39, 0.29) is 17.4 Å². The fourth-order valence-corrected chi connectivity index (χ4v) is 4.76. The third kappa shape index (κ3) is 5.86. The zero-order valence-corrected chi connectivity index (χ0v) is 15.3. The van der Waals surface area contributed by atoms with Crippen molar-refractivity contribution in [2.75, 3.05) is 24.6 Å². The second-order valence-corrected chi connectivity index (χ2v) is 8.65. The molecule has 1 fully saturated rings. The molecule has 0 saturated carbocycles. The molecule has 0 bridgehead atoms. The molecule has 0 aliphatic carbocycles. The fourth-order valence-electron chi connectivity index (χ4n) is 2.43. The number of aliphatic imine (C=N–C) groups is 1. The van der Waals surface area contributed by atoms with E-state index in [9.17, 15) is 8.42 Å². The number of guanidine groups is 1. The number of hydrogen-bond acceptors (Lipinski definition) is 3. The molecule has 2 N–H and O–H groups in total. The van der Waals surface area contributed by atoms with Crippen LogP contribution in [0.5, 0.6) is 0 Å². The van der Waals surface area contributed by atoms with Crippen molar-refractivity contribution in [3.8, 4) is 0 Å². The predicted molar refractivity (Wildman–Crippen MR) is 96.0 cm³/mol. The van der Waals surface area contributed by atoms with Gasteiger partial charge in [0.1, 0.15) is 0 Å². The second-order valence-electron chi connectivity index (χ2n) is 5.58. The summed E-state index contributed by atoms with van der Waals surface area (Å²) in [6.45, 7) is 3.73. The topological polar surface area (TPSA) is 70.6 Å².